The largest absolute Gasteiger partial charge is 0.377 e. The molecule has 0 radical (unpaired) electrons. The quantitative estimate of drug-likeness (QED) is 0.766. The first-order valence-corrected chi connectivity index (χ1v) is 6.42. The van der Waals surface area contributed by atoms with E-state index in [0.717, 1.165) is 13.2 Å². The average Bonchev–Trinajstić information content (AvgIpc) is 2.89. The number of ether oxygens (including phenoxy) is 2. The van der Waals surface area contributed by atoms with E-state index < -0.39 is 0 Å². The fraction of sp³-hybridized carbons (Fsp3) is 1.00. The lowest BCUT2D eigenvalue weighted by Crippen LogP contribution is -2.42. The maximum atomic E-state index is 5.82. The van der Waals surface area contributed by atoms with Crippen molar-refractivity contribution in [1.82, 2.24) is 5.32 Å². The third-order valence-electron chi connectivity index (χ3n) is 3.99. The van der Waals surface area contributed by atoms with E-state index in [0.29, 0.717) is 24.4 Å². The number of fused-ring (bicyclic) bond motifs is 2. The van der Waals surface area contributed by atoms with Gasteiger partial charge in [-0.05, 0) is 38.5 Å². The summed E-state index contributed by atoms with van der Waals surface area (Å²) >= 11 is 0. The summed E-state index contributed by atoms with van der Waals surface area (Å²) in [6.45, 7) is 1.98. The molecule has 3 fully saturated rings. The minimum Gasteiger partial charge on any atom is -0.377 e. The van der Waals surface area contributed by atoms with E-state index >= 15 is 0 Å². The Balaban J connectivity index is 1.42. The van der Waals surface area contributed by atoms with Crippen LogP contribution in [0.2, 0.25) is 0 Å². The summed E-state index contributed by atoms with van der Waals surface area (Å²) in [5, 5.41) is 3.63. The third-order valence-corrected chi connectivity index (χ3v) is 3.99. The van der Waals surface area contributed by atoms with E-state index in [1.54, 1.807) is 0 Å². The molecular formula is C12H21NO2. The Morgan fingerprint density at radius 3 is 2.80 bits per heavy atom. The van der Waals surface area contributed by atoms with Crippen LogP contribution in [0.4, 0.5) is 0 Å². The molecule has 86 valence electrons. The maximum absolute atomic E-state index is 5.82. The summed E-state index contributed by atoms with van der Waals surface area (Å²) in [7, 11) is 0. The van der Waals surface area contributed by atoms with Crippen molar-refractivity contribution in [2.24, 2.45) is 0 Å². The molecule has 0 aromatic heterocycles. The molecule has 0 aromatic carbocycles. The van der Waals surface area contributed by atoms with Crippen LogP contribution in [0.25, 0.3) is 0 Å². The molecule has 15 heavy (non-hydrogen) atoms. The summed E-state index contributed by atoms with van der Waals surface area (Å²) < 4.78 is 11.5. The normalized spacial score (nSPS) is 44.8. The number of hydrogen-bond acceptors (Lipinski definition) is 3. The highest BCUT2D eigenvalue weighted by atomic mass is 16.5. The van der Waals surface area contributed by atoms with Gasteiger partial charge in [0.25, 0.3) is 0 Å². The number of nitrogens with one attached hydrogen (secondary N) is 1. The predicted octanol–water partition coefficient (Wildman–Crippen LogP) is 1.46. The van der Waals surface area contributed by atoms with Crippen LogP contribution >= 0.6 is 0 Å². The van der Waals surface area contributed by atoms with Crippen molar-refractivity contribution in [2.45, 2.75) is 62.9 Å². The fourth-order valence-corrected chi connectivity index (χ4v) is 3.10. The molecule has 3 heteroatoms. The van der Waals surface area contributed by atoms with Gasteiger partial charge in [-0.3, -0.25) is 0 Å². The van der Waals surface area contributed by atoms with E-state index in [1.807, 2.05) is 0 Å². The molecule has 0 amide bonds. The van der Waals surface area contributed by atoms with Crippen LogP contribution in [0.5, 0.6) is 0 Å². The topological polar surface area (TPSA) is 30.5 Å². The molecule has 3 nitrogen and oxygen atoms in total. The Bertz CT molecular complexity index is 216. The van der Waals surface area contributed by atoms with Gasteiger partial charge in [0.1, 0.15) is 0 Å². The smallest absolute Gasteiger partial charge is 0.0733 e. The molecule has 3 rings (SSSR count). The Morgan fingerprint density at radius 1 is 1.13 bits per heavy atom. The van der Waals surface area contributed by atoms with E-state index in [4.69, 9.17) is 9.47 Å². The van der Waals surface area contributed by atoms with Gasteiger partial charge in [-0.15, -0.1) is 0 Å². The first kappa shape index (κ1) is 10.1. The molecule has 4 unspecified atom stereocenters. The van der Waals surface area contributed by atoms with Gasteiger partial charge < -0.3 is 14.8 Å². The lowest BCUT2D eigenvalue weighted by atomic mass is 9.95. The SMILES string of the molecule is C1CCC(CNC2CC3CCC2O3)OC1. The van der Waals surface area contributed by atoms with Gasteiger partial charge in [0.05, 0.1) is 18.3 Å². The molecule has 3 saturated heterocycles. The van der Waals surface area contributed by atoms with Crippen molar-refractivity contribution in [1.29, 1.82) is 0 Å². The molecule has 3 heterocycles. The molecule has 1 N–H and O–H groups in total. The van der Waals surface area contributed by atoms with E-state index in [1.165, 1.54) is 38.5 Å². The Kier molecular flexibility index (Phi) is 2.95. The molecule has 0 spiro atoms. The standard InChI is InChI=1S/C12H21NO2/c1-2-6-14-10(3-1)8-13-11-7-9-4-5-12(11)15-9/h9-13H,1-8H2. The summed E-state index contributed by atoms with van der Waals surface area (Å²) in [4.78, 5) is 0. The Morgan fingerprint density at radius 2 is 2.13 bits per heavy atom. The first-order valence-electron chi connectivity index (χ1n) is 6.42. The molecule has 3 aliphatic rings. The summed E-state index contributed by atoms with van der Waals surface area (Å²) in [6.07, 6.45) is 9.08. The third kappa shape index (κ3) is 2.19. The molecule has 0 saturated carbocycles. The van der Waals surface area contributed by atoms with Crippen molar-refractivity contribution in [3.05, 3.63) is 0 Å². The lowest BCUT2D eigenvalue weighted by molar-refractivity contribution is 0.0135. The van der Waals surface area contributed by atoms with E-state index in [-0.39, 0.29) is 0 Å². The zero-order valence-electron chi connectivity index (χ0n) is 9.28. The lowest BCUT2D eigenvalue weighted by Gasteiger charge is -2.26. The monoisotopic (exact) mass is 211 g/mol. The Hall–Kier alpha value is -0.120. The predicted molar refractivity (Wildman–Crippen MR) is 57.9 cm³/mol. The van der Waals surface area contributed by atoms with E-state index in [9.17, 15) is 0 Å². The van der Waals surface area contributed by atoms with Crippen molar-refractivity contribution >= 4 is 0 Å². The second-order valence-corrected chi connectivity index (χ2v) is 5.11. The second kappa shape index (κ2) is 4.40. The summed E-state index contributed by atoms with van der Waals surface area (Å²) in [5.74, 6) is 0. The minimum absolute atomic E-state index is 0.456. The zero-order valence-corrected chi connectivity index (χ0v) is 9.28. The molecule has 3 aliphatic heterocycles. The van der Waals surface area contributed by atoms with E-state index in [2.05, 4.69) is 5.32 Å². The maximum Gasteiger partial charge on any atom is 0.0733 e. The van der Waals surface area contributed by atoms with Gasteiger partial charge >= 0.3 is 0 Å². The van der Waals surface area contributed by atoms with Crippen LogP contribution in [-0.2, 0) is 9.47 Å². The molecule has 0 aliphatic carbocycles. The highest BCUT2D eigenvalue weighted by Gasteiger charge is 2.40. The highest BCUT2D eigenvalue weighted by molar-refractivity contribution is 4.94. The first-order chi connectivity index (χ1) is 7.42. The van der Waals surface area contributed by atoms with Gasteiger partial charge in [0, 0.05) is 19.2 Å². The van der Waals surface area contributed by atoms with Gasteiger partial charge in [-0.2, -0.15) is 0 Å². The second-order valence-electron chi connectivity index (χ2n) is 5.11. The van der Waals surface area contributed by atoms with Crippen LogP contribution in [0, 0.1) is 0 Å². The molecule has 4 atom stereocenters. The van der Waals surface area contributed by atoms with Crippen LogP contribution in [0.1, 0.15) is 38.5 Å². The minimum atomic E-state index is 0.456. The van der Waals surface area contributed by atoms with Crippen LogP contribution < -0.4 is 5.32 Å². The molecule has 2 bridgehead atoms. The highest BCUT2D eigenvalue weighted by Crippen LogP contribution is 2.34. The van der Waals surface area contributed by atoms with Crippen molar-refractivity contribution in [3.8, 4) is 0 Å². The van der Waals surface area contributed by atoms with Crippen molar-refractivity contribution in [3.63, 3.8) is 0 Å². The van der Waals surface area contributed by atoms with Gasteiger partial charge in [0.2, 0.25) is 0 Å². The average molecular weight is 211 g/mol. The van der Waals surface area contributed by atoms with Crippen LogP contribution in [0.15, 0.2) is 0 Å². The zero-order chi connectivity index (χ0) is 10.1. The summed E-state index contributed by atoms with van der Waals surface area (Å²) in [6, 6.07) is 0.606. The van der Waals surface area contributed by atoms with Crippen LogP contribution in [0.3, 0.4) is 0 Å². The number of hydrogen-bond donors (Lipinski definition) is 1. The van der Waals surface area contributed by atoms with Gasteiger partial charge in [-0.25, -0.2) is 0 Å². The van der Waals surface area contributed by atoms with Gasteiger partial charge in [0.15, 0.2) is 0 Å². The molecule has 0 aromatic rings. The van der Waals surface area contributed by atoms with Crippen molar-refractivity contribution in [2.75, 3.05) is 13.2 Å². The molecular weight excluding hydrogens is 190 g/mol. The summed E-state index contributed by atoms with van der Waals surface area (Å²) in [5.41, 5.74) is 0. The van der Waals surface area contributed by atoms with Crippen LogP contribution in [-0.4, -0.2) is 37.5 Å². The number of rotatable bonds is 3. The van der Waals surface area contributed by atoms with Crippen molar-refractivity contribution < 1.29 is 9.47 Å². The van der Waals surface area contributed by atoms with Gasteiger partial charge in [-0.1, -0.05) is 0 Å². The Labute approximate surface area is 91.5 Å². The fourth-order valence-electron chi connectivity index (χ4n) is 3.10.